The molecule has 4 rings (SSSR count). The van der Waals surface area contributed by atoms with E-state index in [2.05, 4.69) is 44.8 Å². The molecule has 0 aliphatic heterocycles. The second kappa shape index (κ2) is 10.0. The van der Waals surface area contributed by atoms with Crippen LogP contribution in [-0.4, -0.2) is 16.2 Å². The van der Waals surface area contributed by atoms with Gasteiger partial charge in [-0.1, -0.05) is 66.7 Å². The van der Waals surface area contributed by atoms with E-state index < -0.39 is 0 Å². The molecule has 0 aliphatic rings. The zero-order valence-corrected chi connectivity index (χ0v) is 18.0. The van der Waals surface area contributed by atoms with Gasteiger partial charge in [0.05, 0.1) is 11.4 Å². The molecule has 1 heterocycles. The van der Waals surface area contributed by atoms with Crippen LogP contribution in [0.3, 0.4) is 0 Å². The van der Waals surface area contributed by atoms with Crippen molar-refractivity contribution in [3.63, 3.8) is 0 Å². The number of aromatic nitrogens is 1. The fourth-order valence-corrected chi connectivity index (χ4v) is 4.24. The third kappa shape index (κ3) is 5.23. The lowest BCUT2D eigenvalue weighted by Crippen LogP contribution is -2.33. The molecule has 0 saturated heterocycles. The maximum Gasteiger partial charge on any atom is 0.190 e. The topological polar surface area (TPSA) is 41.4 Å². The number of nitrogens with zero attached hydrogens (tertiary/aromatic N) is 2. The maximum atomic E-state index is 5.44. The second-order valence-corrected chi connectivity index (χ2v) is 7.86. The molecule has 6 heteroatoms. The third-order valence-corrected chi connectivity index (χ3v) is 5.61. The zero-order valence-electron chi connectivity index (χ0n) is 16.4. The molecule has 0 saturated carbocycles. The summed E-state index contributed by atoms with van der Waals surface area (Å²) < 4.78 is 2.24. The Morgan fingerprint density at radius 3 is 2.20 bits per heavy atom. The number of benzene rings is 3. The van der Waals surface area contributed by atoms with Gasteiger partial charge in [0.25, 0.3) is 0 Å². The van der Waals surface area contributed by atoms with Crippen LogP contribution in [0.4, 0.5) is 11.4 Å². The van der Waals surface area contributed by atoms with Crippen LogP contribution in [0.15, 0.2) is 101 Å². The van der Waals surface area contributed by atoms with E-state index in [9.17, 15) is 0 Å². The molecule has 0 fully saturated rings. The van der Waals surface area contributed by atoms with Crippen molar-refractivity contribution >= 4 is 40.0 Å². The van der Waals surface area contributed by atoms with Gasteiger partial charge in [0.2, 0.25) is 0 Å². The lowest BCUT2D eigenvalue weighted by atomic mass is 10.2. The van der Waals surface area contributed by atoms with Crippen LogP contribution in [0.1, 0.15) is 0 Å². The Hall–Kier alpha value is -3.22. The first-order chi connectivity index (χ1) is 14.8. The normalized spacial score (nSPS) is 11.3. The Morgan fingerprint density at radius 2 is 1.50 bits per heavy atom. The zero-order chi connectivity index (χ0) is 20.6. The summed E-state index contributed by atoms with van der Waals surface area (Å²) in [4.78, 5) is 5.82. The minimum atomic E-state index is 0.611. The lowest BCUT2D eigenvalue weighted by Gasteiger charge is -2.13. The van der Waals surface area contributed by atoms with E-state index in [1.54, 1.807) is 11.3 Å². The number of hydrogen-bond donors (Lipinski definition) is 2. The summed E-state index contributed by atoms with van der Waals surface area (Å²) in [6.45, 7) is 1.44. The van der Waals surface area contributed by atoms with Gasteiger partial charge in [-0.2, -0.15) is 0 Å². The Labute approximate surface area is 185 Å². The average molecular weight is 431 g/mol. The smallest absolute Gasteiger partial charge is 0.190 e. The molecule has 2 N–H and O–H groups in total. The van der Waals surface area contributed by atoms with Crippen molar-refractivity contribution in [3.8, 4) is 11.3 Å². The molecule has 0 amide bonds. The van der Waals surface area contributed by atoms with Crippen LogP contribution < -0.4 is 15.4 Å². The first-order valence-corrected chi connectivity index (χ1v) is 11.0. The summed E-state index contributed by atoms with van der Waals surface area (Å²) in [5, 5.41) is 9.29. The summed E-state index contributed by atoms with van der Waals surface area (Å²) in [7, 11) is 0. The van der Waals surface area contributed by atoms with Crippen LogP contribution >= 0.6 is 23.6 Å². The Balaban J connectivity index is 1.54. The van der Waals surface area contributed by atoms with E-state index in [-0.39, 0.29) is 0 Å². The highest BCUT2D eigenvalue weighted by atomic mass is 32.1. The standard InChI is InChI=1S/C24H22N4S2/c29-23(26-20-12-6-2-7-13-20)25-16-17-28-22(19-10-4-1-5-11-19)18-30-24(28)27-21-14-8-3-9-15-21/h1-15,18H,16-17H2,(H2,25,26,29). The van der Waals surface area contributed by atoms with E-state index in [4.69, 9.17) is 17.2 Å². The fraction of sp³-hybridized carbons (Fsp3) is 0.0833. The van der Waals surface area contributed by atoms with Gasteiger partial charge >= 0.3 is 0 Å². The third-order valence-electron chi connectivity index (χ3n) is 4.50. The van der Waals surface area contributed by atoms with Gasteiger partial charge in [-0.15, -0.1) is 11.3 Å². The van der Waals surface area contributed by atoms with E-state index in [1.807, 2.05) is 66.7 Å². The fourth-order valence-electron chi connectivity index (χ4n) is 3.07. The summed E-state index contributed by atoms with van der Waals surface area (Å²) >= 11 is 7.09. The number of thiocarbonyl (C=S) groups is 1. The predicted octanol–water partition coefficient (Wildman–Crippen LogP) is 5.44. The lowest BCUT2D eigenvalue weighted by molar-refractivity contribution is 0.666. The minimum absolute atomic E-state index is 0.611. The Kier molecular flexibility index (Phi) is 6.69. The van der Waals surface area contributed by atoms with Gasteiger partial charge in [0.15, 0.2) is 9.91 Å². The minimum Gasteiger partial charge on any atom is -0.361 e. The first-order valence-electron chi connectivity index (χ1n) is 9.73. The average Bonchev–Trinajstić information content (AvgIpc) is 3.18. The highest BCUT2D eigenvalue weighted by Crippen LogP contribution is 2.20. The second-order valence-electron chi connectivity index (χ2n) is 6.62. The van der Waals surface area contributed by atoms with Gasteiger partial charge in [-0.05, 0) is 42.0 Å². The Bertz CT molecular complexity index is 1150. The van der Waals surface area contributed by atoms with Crippen molar-refractivity contribution < 1.29 is 0 Å². The molecule has 4 nitrogen and oxygen atoms in total. The molecule has 150 valence electrons. The highest BCUT2D eigenvalue weighted by Gasteiger charge is 2.08. The van der Waals surface area contributed by atoms with E-state index in [1.165, 1.54) is 5.56 Å². The highest BCUT2D eigenvalue weighted by molar-refractivity contribution is 7.80. The summed E-state index contributed by atoms with van der Waals surface area (Å²) in [5.74, 6) is 0. The Morgan fingerprint density at radius 1 is 0.867 bits per heavy atom. The first kappa shape index (κ1) is 20.1. The monoisotopic (exact) mass is 430 g/mol. The van der Waals surface area contributed by atoms with Gasteiger partial charge < -0.3 is 15.2 Å². The van der Waals surface area contributed by atoms with E-state index in [0.29, 0.717) is 11.7 Å². The van der Waals surface area contributed by atoms with Gasteiger partial charge in [0, 0.05) is 24.2 Å². The molecule has 0 radical (unpaired) electrons. The van der Waals surface area contributed by atoms with Crippen LogP contribution in [0.25, 0.3) is 11.3 Å². The molecule has 1 aromatic heterocycles. The molecule has 30 heavy (non-hydrogen) atoms. The largest absolute Gasteiger partial charge is 0.361 e. The maximum absolute atomic E-state index is 5.44. The van der Waals surface area contributed by atoms with Gasteiger partial charge in [-0.3, -0.25) is 0 Å². The van der Waals surface area contributed by atoms with Crippen molar-refractivity contribution in [2.24, 2.45) is 4.99 Å². The molecular weight excluding hydrogens is 408 g/mol. The van der Waals surface area contributed by atoms with Crippen molar-refractivity contribution in [3.05, 3.63) is 101 Å². The number of thiazole rings is 1. The number of para-hydroxylation sites is 2. The number of rotatable bonds is 6. The molecule has 0 unspecified atom stereocenters. The summed E-state index contributed by atoms with van der Waals surface area (Å²) in [6.07, 6.45) is 0. The quantitative estimate of drug-likeness (QED) is 0.401. The van der Waals surface area contributed by atoms with Crippen molar-refractivity contribution in [1.82, 2.24) is 9.88 Å². The van der Waals surface area contributed by atoms with Crippen LogP contribution in [0.2, 0.25) is 0 Å². The van der Waals surface area contributed by atoms with Crippen molar-refractivity contribution in [1.29, 1.82) is 0 Å². The number of hydrogen-bond acceptors (Lipinski definition) is 3. The summed E-state index contributed by atoms with van der Waals surface area (Å²) in [5.41, 5.74) is 4.25. The molecule has 0 aliphatic carbocycles. The number of nitrogens with one attached hydrogen (secondary N) is 2. The van der Waals surface area contributed by atoms with Crippen LogP contribution in [-0.2, 0) is 6.54 Å². The molecule has 0 bridgehead atoms. The van der Waals surface area contributed by atoms with Gasteiger partial charge in [-0.25, -0.2) is 4.99 Å². The SMILES string of the molecule is S=C(NCCn1c(-c2ccccc2)csc1=Nc1ccccc1)Nc1ccccc1. The molecule has 3 aromatic carbocycles. The van der Waals surface area contributed by atoms with Crippen LogP contribution in [0.5, 0.6) is 0 Å². The predicted molar refractivity (Wildman–Crippen MR) is 130 cm³/mol. The van der Waals surface area contributed by atoms with Gasteiger partial charge in [0.1, 0.15) is 0 Å². The molecule has 4 aromatic rings. The van der Waals surface area contributed by atoms with Crippen molar-refractivity contribution in [2.45, 2.75) is 6.54 Å². The molecular formula is C24H22N4S2. The summed E-state index contributed by atoms with van der Waals surface area (Å²) in [6, 6.07) is 30.4. The van der Waals surface area contributed by atoms with E-state index in [0.717, 1.165) is 28.4 Å². The number of anilines is 1. The molecule has 0 atom stereocenters. The van der Waals surface area contributed by atoms with Crippen molar-refractivity contribution in [2.75, 3.05) is 11.9 Å². The molecule has 0 spiro atoms. The van der Waals surface area contributed by atoms with Crippen LogP contribution in [0, 0.1) is 0 Å². The van der Waals surface area contributed by atoms with E-state index >= 15 is 0 Å².